The average Bonchev–Trinajstić information content (AvgIpc) is 3.35. The summed E-state index contributed by atoms with van der Waals surface area (Å²) in [5.41, 5.74) is 3.10. The summed E-state index contributed by atoms with van der Waals surface area (Å²) < 4.78 is 13.1. The number of hydrogen-bond acceptors (Lipinski definition) is 7. The number of ether oxygens (including phenoxy) is 2. The van der Waals surface area contributed by atoms with E-state index in [1.54, 1.807) is 36.6 Å². The summed E-state index contributed by atoms with van der Waals surface area (Å²) in [5.74, 6) is 1.98. The number of nitrogens with zero attached hydrogens (tertiary/aromatic N) is 6. The van der Waals surface area contributed by atoms with E-state index < -0.39 is 0 Å². The molecule has 0 spiro atoms. The number of aromatic nitrogens is 5. The smallest absolute Gasteiger partial charge is 0.255 e. The van der Waals surface area contributed by atoms with E-state index in [0.717, 1.165) is 29.8 Å². The highest BCUT2D eigenvalue weighted by molar-refractivity contribution is 5.94. The van der Waals surface area contributed by atoms with Gasteiger partial charge in [0.2, 0.25) is 5.88 Å². The van der Waals surface area contributed by atoms with Gasteiger partial charge in [-0.15, -0.1) is 0 Å². The van der Waals surface area contributed by atoms with Crippen LogP contribution in [0.1, 0.15) is 34.8 Å². The van der Waals surface area contributed by atoms with Crippen molar-refractivity contribution in [1.29, 1.82) is 0 Å². The Morgan fingerprint density at radius 3 is 2.51 bits per heavy atom. The van der Waals surface area contributed by atoms with Crippen LogP contribution in [0.3, 0.4) is 0 Å². The Bertz CT molecular complexity index is 1310. The number of hydrogen-bond donors (Lipinski definition) is 0. The summed E-state index contributed by atoms with van der Waals surface area (Å²) in [7, 11) is 3.48. The quantitative estimate of drug-likeness (QED) is 0.419. The Morgan fingerprint density at radius 1 is 1.00 bits per heavy atom. The maximum absolute atomic E-state index is 13.1. The van der Waals surface area contributed by atoms with Crippen LogP contribution < -0.4 is 9.47 Å². The summed E-state index contributed by atoms with van der Waals surface area (Å²) in [5, 5.41) is 4.17. The number of piperidine rings is 1. The maximum atomic E-state index is 13.1. The number of carbonyl (C=O) groups excluding carboxylic acids is 1. The molecule has 1 amide bonds. The Hall–Kier alpha value is -4.27. The maximum Gasteiger partial charge on any atom is 0.255 e. The van der Waals surface area contributed by atoms with Crippen molar-refractivity contribution >= 4 is 5.91 Å². The van der Waals surface area contributed by atoms with Crippen LogP contribution in [0.25, 0.3) is 11.3 Å². The summed E-state index contributed by atoms with van der Waals surface area (Å²) in [6.45, 7) is 1.26. The van der Waals surface area contributed by atoms with Gasteiger partial charge in [-0.25, -0.2) is 4.98 Å². The molecular weight excluding hydrogens is 444 g/mol. The first-order chi connectivity index (χ1) is 17.1. The van der Waals surface area contributed by atoms with Crippen LogP contribution in [-0.4, -0.2) is 55.7 Å². The van der Waals surface area contributed by atoms with E-state index in [4.69, 9.17) is 9.47 Å². The SMILES string of the molecule is COc1cccc(Oc2nccnc2C2CCN(C(=O)c3ccc(-c4cnn(C)c4)nc3)CC2)c1. The molecule has 35 heavy (non-hydrogen) atoms. The number of methoxy groups -OCH3 is 1. The third-order valence-corrected chi connectivity index (χ3v) is 6.13. The Morgan fingerprint density at radius 2 is 1.80 bits per heavy atom. The summed E-state index contributed by atoms with van der Waals surface area (Å²) in [4.78, 5) is 28.4. The lowest BCUT2D eigenvalue weighted by Gasteiger charge is -2.32. The topological polar surface area (TPSA) is 95.3 Å². The van der Waals surface area contributed by atoms with Crippen LogP contribution in [0.4, 0.5) is 0 Å². The van der Waals surface area contributed by atoms with Gasteiger partial charge in [0.15, 0.2) is 0 Å². The molecule has 1 aliphatic rings. The summed E-state index contributed by atoms with van der Waals surface area (Å²) in [6.07, 6.45) is 10.2. The van der Waals surface area contributed by atoms with Crippen molar-refractivity contribution in [3.05, 3.63) is 78.6 Å². The van der Waals surface area contributed by atoms with Gasteiger partial charge in [0.1, 0.15) is 17.2 Å². The zero-order valence-electron chi connectivity index (χ0n) is 19.7. The molecule has 3 aromatic heterocycles. The molecule has 1 aliphatic heterocycles. The second-order valence-electron chi connectivity index (χ2n) is 8.43. The number of benzene rings is 1. The van der Waals surface area contributed by atoms with Gasteiger partial charge in [0.25, 0.3) is 5.91 Å². The van der Waals surface area contributed by atoms with Gasteiger partial charge in [-0.1, -0.05) is 6.07 Å². The Kier molecular flexibility index (Phi) is 6.38. The predicted molar refractivity (Wildman–Crippen MR) is 129 cm³/mol. The predicted octanol–water partition coefficient (Wildman–Crippen LogP) is 4.09. The molecule has 1 saturated heterocycles. The van der Waals surface area contributed by atoms with Gasteiger partial charge in [-0.05, 0) is 37.1 Å². The second kappa shape index (κ2) is 9.92. The fourth-order valence-electron chi connectivity index (χ4n) is 4.25. The van der Waals surface area contributed by atoms with Gasteiger partial charge in [-0.2, -0.15) is 5.10 Å². The van der Waals surface area contributed by atoms with Crippen LogP contribution in [0.2, 0.25) is 0 Å². The lowest BCUT2D eigenvalue weighted by molar-refractivity contribution is 0.0711. The minimum Gasteiger partial charge on any atom is -0.497 e. The fourth-order valence-corrected chi connectivity index (χ4v) is 4.25. The Labute approximate surface area is 203 Å². The second-order valence-corrected chi connectivity index (χ2v) is 8.43. The molecule has 9 nitrogen and oxygen atoms in total. The largest absolute Gasteiger partial charge is 0.497 e. The van der Waals surface area contributed by atoms with E-state index >= 15 is 0 Å². The number of carbonyl (C=O) groups is 1. The van der Waals surface area contributed by atoms with Crippen molar-refractivity contribution in [2.45, 2.75) is 18.8 Å². The first-order valence-corrected chi connectivity index (χ1v) is 11.5. The molecule has 0 N–H and O–H groups in total. The highest BCUT2D eigenvalue weighted by Gasteiger charge is 2.28. The van der Waals surface area contributed by atoms with Crippen molar-refractivity contribution in [3.8, 4) is 28.6 Å². The molecule has 0 radical (unpaired) electrons. The number of pyridine rings is 1. The summed E-state index contributed by atoms with van der Waals surface area (Å²) in [6, 6.07) is 11.1. The molecular formula is C26H26N6O3. The van der Waals surface area contributed by atoms with Crippen molar-refractivity contribution < 1.29 is 14.3 Å². The van der Waals surface area contributed by atoms with Crippen LogP contribution >= 0.6 is 0 Å². The van der Waals surface area contributed by atoms with Crippen LogP contribution in [0.5, 0.6) is 17.4 Å². The van der Waals surface area contributed by atoms with Crippen LogP contribution in [-0.2, 0) is 7.05 Å². The average molecular weight is 471 g/mol. The first-order valence-electron chi connectivity index (χ1n) is 11.5. The van der Waals surface area contributed by atoms with Crippen molar-refractivity contribution in [2.75, 3.05) is 20.2 Å². The standard InChI is InChI=1S/C26H26N6O3/c1-31-17-20(16-30-31)23-7-6-19(15-29-23)26(33)32-12-8-18(9-13-32)24-25(28-11-10-27-24)35-22-5-3-4-21(14-22)34-2/h3-7,10-11,14-18H,8-9,12-13H2,1-2H3. The summed E-state index contributed by atoms with van der Waals surface area (Å²) >= 11 is 0. The normalized spacial score (nSPS) is 14.1. The monoisotopic (exact) mass is 470 g/mol. The van der Waals surface area contributed by atoms with Crippen LogP contribution in [0.15, 0.2) is 67.4 Å². The third-order valence-electron chi connectivity index (χ3n) is 6.13. The van der Waals surface area contributed by atoms with E-state index in [-0.39, 0.29) is 11.8 Å². The third kappa shape index (κ3) is 4.98. The molecule has 0 bridgehead atoms. The molecule has 0 atom stereocenters. The minimum absolute atomic E-state index is 0.0133. The van der Waals surface area contributed by atoms with Crippen molar-refractivity contribution in [1.82, 2.24) is 29.6 Å². The van der Waals surface area contributed by atoms with Crippen LogP contribution in [0, 0.1) is 0 Å². The van der Waals surface area contributed by atoms with Gasteiger partial charge >= 0.3 is 0 Å². The fraction of sp³-hybridized carbons (Fsp3) is 0.269. The molecule has 0 aliphatic carbocycles. The van der Waals surface area contributed by atoms with E-state index in [1.165, 1.54) is 0 Å². The zero-order valence-corrected chi connectivity index (χ0v) is 19.7. The number of aryl methyl sites for hydroxylation is 1. The van der Waals surface area contributed by atoms with Gasteiger partial charge in [0.05, 0.1) is 24.6 Å². The van der Waals surface area contributed by atoms with E-state index in [9.17, 15) is 4.79 Å². The van der Waals surface area contributed by atoms with E-state index in [1.807, 2.05) is 54.5 Å². The molecule has 0 saturated carbocycles. The highest BCUT2D eigenvalue weighted by Crippen LogP contribution is 2.34. The minimum atomic E-state index is -0.0133. The molecule has 4 heterocycles. The molecule has 178 valence electrons. The number of rotatable bonds is 6. The van der Waals surface area contributed by atoms with Crippen molar-refractivity contribution in [2.24, 2.45) is 7.05 Å². The van der Waals surface area contributed by atoms with Gasteiger partial charge < -0.3 is 14.4 Å². The first kappa shape index (κ1) is 22.5. The Balaban J connectivity index is 1.24. The van der Waals surface area contributed by atoms with Crippen molar-refractivity contribution in [3.63, 3.8) is 0 Å². The molecule has 1 fully saturated rings. The van der Waals surface area contributed by atoms with E-state index in [2.05, 4.69) is 20.1 Å². The lowest BCUT2D eigenvalue weighted by Crippen LogP contribution is -2.38. The molecule has 5 rings (SSSR count). The zero-order chi connectivity index (χ0) is 24.2. The highest BCUT2D eigenvalue weighted by atomic mass is 16.5. The molecule has 9 heteroatoms. The molecule has 0 unspecified atom stereocenters. The van der Waals surface area contributed by atoms with E-state index in [0.29, 0.717) is 36.0 Å². The molecule has 4 aromatic rings. The molecule has 1 aromatic carbocycles. The van der Waals surface area contributed by atoms with Gasteiger partial charge in [-0.3, -0.25) is 19.4 Å². The lowest BCUT2D eigenvalue weighted by atomic mass is 9.93. The number of likely N-dealkylation sites (tertiary alicyclic amines) is 1. The number of amides is 1. The van der Waals surface area contributed by atoms with Gasteiger partial charge in [0, 0.05) is 62.5 Å².